The van der Waals surface area contributed by atoms with E-state index in [1.165, 1.54) is 12.1 Å². The van der Waals surface area contributed by atoms with Crippen LogP contribution in [0.4, 0.5) is 10.1 Å². The number of anilines is 1. The zero-order chi connectivity index (χ0) is 18.9. The number of carbonyl (C=O) groups excluding carboxylic acids is 2. The number of rotatable bonds is 8. The predicted molar refractivity (Wildman–Crippen MR) is 94.1 cm³/mol. The van der Waals surface area contributed by atoms with Crippen LogP contribution < -0.4 is 14.8 Å². The SMILES string of the molecule is COc1ccc(OCCC(=O)OCC(=O)Nc2cc(Cl)ccc2F)cc1. The molecule has 0 heterocycles. The van der Waals surface area contributed by atoms with Crippen LogP contribution in [0.15, 0.2) is 42.5 Å². The number of methoxy groups -OCH3 is 1. The molecular weight excluding hydrogens is 365 g/mol. The van der Waals surface area contributed by atoms with E-state index in [1.54, 1.807) is 31.4 Å². The lowest BCUT2D eigenvalue weighted by Gasteiger charge is -2.09. The maximum atomic E-state index is 13.5. The molecule has 0 aliphatic heterocycles. The maximum Gasteiger partial charge on any atom is 0.309 e. The lowest BCUT2D eigenvalue weighted by Crippen LogP contribution is -2.22. The van der Waals surface area contributed by atoms with Crippen LogP contribution in [0.2, 0.25) is 5.02 Å². The smallest absolute Gasteiger partial charge is 0.309 e. The number of nitrogens with one attached hydrogen (secondary N) is 1. The number of hydrogen-bond donors (Lipinski definition) is 1. The lowest BCUT2D eigenvalue weighted by atomic mass is 10.3. The van der Waals surface area contributed by atoms with E-state index in [1.807, 2.05) is 0 Å². The summed E-state index contributed by atoms with van der Waals surface area (Å²) in [6, 6.07) is 10.6. The van der Waals surface area contributed by atoms with Crippen LogP contribution in [-0.2, 0) is 14.3 Å². The van der Waals surface area contributed by atoms with Crippen LogP contribution in [0.3, 0.4) is 0 Å². The molecule has 0 atom stereocenters. The largest absolute Gasteiger partial charge is 0.497 e. The van der Waals surface area contributed by atoms with E-state index in [0.717, 1.165) is 6.07 Å². The Hall–Kier alpha value is -2.80. The monoisotopic (exact) mass is 381 g/mol. The van der Waals surface area contributed by atoms with Gasteiger partial charge in [-0.05, 0) is 42.5 Å². The molecule has 2 aromatic rings. The topological polar surface area (TPSA) is 73.9 Å². The van der Waals surface area contributed by atoms with Gasteiger partial charge in [-0.2, -0.15) is 0 Å². The van der Waals surface area contributed by atoms with Crippen LogP contribution in [0.25, 0.3) is 0 Å². The van der Waals surface area contributed by atoms with Crippen molar-refractivity contribution in [3.05, 3.63) is 53.3 Å². The van der Waals surface area contributed by atoms with Crippen LogP contribution in [0.1, 0.15) is 6.42 Å². The van der Waals surface area contributed by atoms with Crippen LogP contribution >= 0.6 is 11.6 Å². The van der Waals surface area contributed by atoms with Crippen molar-refractivity contribution in [2.45, 2.75) is 6.42 Å². The van der Waals surface area contributed by atoms with Crippen molar-refractivity contribution in [3.63, 3.8) is 0 Å². The Morgan fingerprint density at radius 2 is 1.81 bits per heavy atom. The molecule has 0 aliphatic carbocycles. The van der Waals surface area contributed by atoms with Crippen molar-refractivity contribution in [3.8, 4) is 11.5 Å². The third-order valence-electron chi connectivity index (χ3n) is 3.20. The summed E-state index contributed by atoms with van der Waals surface area (Å²) in [6.07, 6.45) is -0.0369. The fourth-order valence-electron chi connectivity index (χ4n) is 1.92. The highest BCUT2D eigenvalue weighted by molar-refractivity contribution is 6.30. The number of hydrogen-bond acceptors (Lipinski definition) is 5. The van der Waals surface area contributed by atoms with Crippen molar-refractivity contribution < 1.29 is 28.2 Å². The van der Waals surface area contributed by atoms with Gasteiger partial charge in [0.1, 0.15) is 17.3 Å². The average Bonchev–Trinajstić information content (AvgIpc) is 2.63. The van der Waals surface area contributed by atoms with Gasteiger partial charge in [-0.1, -0.05) is 11.6 Å². The molecule has 0 radical (unpaired) electrons. The third-order valence-corrected chi connectivity index (χ3v) is 3.44. The second kappa shape index (κ2) is 9.62. The number of carbonyl (C=O) groups is 2. The minimum Gasteiger partial charge on any atom is -0.497 e. The highest BCUT2D eigenvalue weighted by Gasteiger charge is 2.11. The van der Waals surface area contributed by atoms with Crippen LogP contribution in [0, 0.1) is 5.82 Å². The highest BCUT2D eigenvalue weighted by Crippen LogP contribution is 2.19. The standard InChI is InChI=1S/C18H17ClFNO5/c1-24-13-3-5-14(6-4-13)25-9-8-18(23)26-11-17(22)21-16-10-12(19)2-7-15(16)20/h2-7,10H,8-9,11H2,1H3,(H,21,22). The molecule has 0 bridgehead atoms. The quantitative estimate of drug-likeness (QED) is 0.709. The number of ether oxygens (including phenoxy) is 3. The van der Waals surface area contributed by atoms with Crippen molar-refractivity contribution in [2.75, 3.05) is 25.6 Å². The predicted octanol–water partition coefficient (Wildman–Crippen LogP) is 3.44. The molecule has 8 heteroatoms. The molecule has 1 N–H and O–H groups in total. The molecule has 1 amide bonds. The van der Waals surface area contributed by atoms with E-state index >= 15 is 0 Å². The van der Waals surface area contributed by atoms with Gasteiger partial charge in [0, 0.05) is 5.02 Å². The fourth-order valence-corrected chi connectivity index (χ4v) is 2.09. The Labute approximate surface area is 154 Å². The van der Waals surface area contributed by atoms with Crippen LogP contribution in [0.5, 0.6) is 11.5 Å². The first kappa shape index (κ1) is 19.5. The lowest BCUT2D eigenvalue weighted by molar-refractivity contribution is -0.147. The van der Waals surface area contributed by atoms with E-state index in [-0.39, 0.29) is 23.7 Å². The van der Waals surface area contributed by atoms with Crippen LogP contribution in [-0.4, -0.2) is 32.2 Å². The number of halogens is 2. The minimum atomic E-state index is -0.671. The first-order valence-electron chi connectivity index (χ1n) is 7.65. The Kier molecular flexibility index (Phi) is 7.23. The fraction of sp³-hybridized carbons (Fsp3) is 0.222. The van der Waals surface area contributed by atoms with E-state index in [2.05, 4.69) is 5.32 Å². The minimum absolute atomic E-state index is 0.0369. The van der Waals surface area contributed by atoms with Gasteiger partial charge in [-0.25, -0.2) is 4.39 Å². The molecule has 6 nitrogen and oxygen atoms in total. The van der Waals surface area contributed by atoms with Crippen molar-refractivity contribution in [1.29, 1.82) is 0 Å². The summed E-state index contributed by atoms with van der Waals surface area (Å²) in [5, 5.41) is 2.55. The molecule has 2 rings (SSSR count). The van der Waals surface area contributed by atoms with Crippen molar-refractivity contribution in [1.82, 2.24) is 0 Å². The summed E-state index contributed by atoms with van der Waals surface area (Å²) in [6.45, 7) is -0.441. The Morgan fingerprint density at radius 3 is 2.50 bits per heavy atom. The zero-order valence-corrected chi connectivity index (χ0v) is 14.7. The summed E-state index contributed by atoms with van der Waals surface area (Å²) in [5.74, 6) is -0.649. The second-order valence-corrected chi connectivity index (χ2v) is 5.54. The van der Waals surface area contributed by atoms with Crippen molar-refractivity contribution in [2.24, 2.45) is 0 Å². The van der Waals surface area contributed by atoms with E-state index < -0.39 is 24.3 Å². The van der Waals surface area contributed by atoms with Gasteiger partial charge < -0.3 is 19.5 Å². The molecule has 2 aromatic carbocycles. The van der Waals surface area contributed by atoms with E-state index in [4.69, 9.17) is 25.8 Å². The van der Waals surface area contributed by atoms with E-state index in [9.17, 15) is 14.0 Å². The summed E-state index contributed by atoms with van der Waals surface area (Å²) in [5.41, 5.74) is -0.0820. The molecule has 138 valence electrons. The summed E-state index contributed by atoms with van der Waals surface area (Å²) in [7, 11) is 1.56. The maximum absolute atomic E-state index is 13.5. The van der Waals surface area contributed by atoms with Gasteiger partial charge in [0.15, 0.2) is 6.61 Å². The first-order valence-corrected chi connectivity index (χ1v) is 8.03. The van der Waals surface area contributed by atoms with Gasteiger partial charge in [0.25, 0.3) is 5.91 Å². The molecular formula is C18H17ClFNO5. The van der Waals surface area contributed by atoms with Crippen molar-refractivity contribution >= 4 is 29.2 Å². The summed E-state index contributed by atoms with van der Waals surface area (Å²) in [4.78, 5) is 23.3. The third kappa shape index (κ3) is 6.25. The molecule has 0 spiro atoms. The molecule has 0 saturated heterocycles. The number of amides is 1. The van der Waals surface area contributed by atoms with E-state index in [0.29, 0.717) is 11.5 Å². The Morgan fingerprint density at radius 1 is 1.12 bits per heavy atom. The summed E-state index contributed by atoms with van der Waals surface area (Å²) < 4.78 is 28.7. The molecule has 26 heavy (non-hydrogen) atoms. The number of benzene rings is 2. The molecule has 0 saturated carbocycles. The van der Waals surface area contributed by atoms with Gasteiger partial charge in [0.05, 0.1) is 25.8 Å². The second-order valence-electron chi connectivity index (χ2n) is 5.11. The molecule has 0 aromatic heterocycles. The van der Waals surface area contributed by atoms with Gasteiger partial charge in [-0.3, -0.25) is 9.59 Å². The number of esters is 1. The zero-order valence-electron chi connectivity index (χ0n) is 14.0. The Bertz CT molecular complexity index is 767. The van der Waals surface area contributed by atoms with Gasteiger partial charge in [-0.15, -0.1) is 0 Å². The Balaban J connectivity index is 1.69. The average molecular weight is 382 g/mol. The molecule has 0 unspecified atom stereocenters. The molecule has 0 aliphatic rings. The summed E-state index contributed by atoms with van der Waals surface area (Å²) >= 11 is 5.73. The van der Waals surface area contributed by atoms with Gasteiger partial charge in [0.2, 0.25) is 0 Å². The van der Waals surface area contributed by atoms with Gasteiger partial charge >= 0.3 is 5.97 Å². The molecule has 0 fully saturated rings. The highest BCUT2D eigenvalue weighted by atomic mass is 35.5. The normalized spacial score (nSPS) is 10.1. The first-order chi connectivity index (χ1) is 12.5.